The summed E-state index contributed by atoms with van der Waals surface area (Å²) < 4.78 is 23.3. The summed E-state index contributed by atoms with van der Waals surface area (Å²) in [4.78, 5) is 6.02. The number of nitrogens with zero attached hydrogens (tertiary/aromatic N) is 2. The zero-order valence-corrected chi connectivity index (χ0v) is 12.3. The Labute approximate surface area is 134 Å². The lowest BCUT2D eigenvalue weighted by Crippen LogP contribution is -2.20. The van der Waals surface area contributed by atoms with Gasteiger partial charge in [-0.3, -0.25) is 4.99 Å². The number of anilines is 1. The van der Waals surface area contributed by atoms with E-state index in [2.05, 4.69) is 4.99 Å². The van der Waals surface area contributed by atoms with Gasteiger partial charge in [0.1, 0.15) is 0 Å². The van der Waals surface area contributed by atoms with Gasteiger partial charge >= 0.3 is 0 Å². The van der Waals surface area contributed by atoms with Crippen molar-refractivity contribution in [1.82, 2.24) is 0 Å². The first-order valence-corrected chi connectivity index (χ1v) is 6.52. The van der Waals surface area contributed by atoms with E-state index in [1.807, 2.05) is 30.3 Å². The van der Waals surface area contributed by atoms with Crippen LogP contribution in [0.1, 0.15) is 15.2 Å². The predicted octanol–water partition coefficient (Wildman–Crippen LogP) is 4.05. The molecule has 0 saturated carbocycles. The van der Waals surface area contributed by atoms with E-state index in [0.717, 1.165) is 16.8 Å². The zero-order valence-electron chi connectivity index (χ0n) is 13.7. The van der Waals surface area contributed by atoms with E-state index in [1.165, 1.54) is 4.90 Å². The molecule has 20 heavy (non-hydrogen) atoms. The summed E-state index contributed by atoms with van der Waals surface area (Å²) in [6.45, 7) is -1.43. The Morgan fingerprint density at radius 2 is 2.00 bits per heavy atom. The molecular weight excluding hydrogens is 292 g/mol. The van der Waals surface area contributed by atoms with Gasteiger partial charge in [0.2, 0.25) is 0 Å². The second-order valence-corrected chi connectivity index (χ2v) is 4.85. The van der Waals surface area contributed by atoms with Crippen molar-refractivity contribution < 1.29 is 4.11 Å². The number of benzene rings is 2. The van der Waals surface area contributed by atoms with Gasteiger partial charge in [0, 0.05) is 39.5 Å². The van der Waals surface area contributed by atoms with E-state index >= 15 is 0 Å². The maximum atomic E-state index is 7.75. The highest BCUT2D eigenvalue weighted by Gasteiger charge is 2.17. The van der Waals surface area contributed by atoms with Crippen LogP contribution in [0.25, 0.3) is 0 Å². The molecule has 2 nitrogen and oxygen atoms in total. The molecule has 0 aliphatic carbocycles. The highest BCUT2D eigenvalue weighted by atomic mass is 35.5. The molecule has 1 aliphatic rings. The van der Waals surface area contributed by atoms with Gasteiger partial charge in [-0.25, -0.2) is 0 Å². The molecule has 2 aromatic rings. The van der Waals surface area contributed by atoms with Crippen molar-refractivity contribution in [2.24, 2.45) is 4.99 Å². The van der Waals surface area contributed by atoms with Crippen LogP contribution in [0.2, 0.25) is 5.02 Å². The van der Waals surface area contributed by atoms with Crippen molar-refractivity contribution in [2.75, 3.05) is 25.0 Å². The highest BCUT2D eigenvalue weighted by Crippen LogP contribution is 2.28. The Balaban J connectivity index is 0.00000192. The first-order valence-electron chi connectivity index (χ1n) is 7.64. The van der Waals surface area contributed by atoms with Crippen LogP contribution in [0.15, 0.2) is 53.5 Å². The van der Waals surface area contributed by atoms with Crippen LogP contribution in [0.5, 0.6) is 0 Å². The van der Waals surface area contributed by atoms with Crippen LogP contribution < -0.4 is 4.90 Å². The number of hydrogen-bond acceptors (Lipinski definition) is 2. The van der Waals surface area contributed by atoms with Crippen LogP contribution in [-0.2, 0) is 0 Å². The molecule has 0 atom stereocenters. The first-order chi connectivity index (χ1) is 10.5. The van der Waals surface area contributed by atoms with E-state index in [0.29, 0.717) is 23.8 Å². The smallest absolute Gasteiger partial charge is 0.0741 e. The summed E-state index contributed by atoms with van der Waals surface area (Å²) in [5.74, 6) is 0. The topological polar surface area (TPSA) is 15.6 Å². The minimum absolute atomic E-state index is 0. The summed E-state index contributed by atoms with van der Waals surface area (Å²) in [5, 5.41) is 0.565. The number of hydrogen-bond donors (Lipinski definition) is 0. The number of benzodiazepines with no additional fused rings is 1. The third-order valence-electron chi connectivity index (χ3n) is 3.15. The SMILES string of the molecule is Cl.[2H][13C]([2H])([2H])N1CCN=C(c2ccccc2)c2cc(Cl)ccc21. The Hall–Kier alpha value is -1.51. The molecule has 1 heterocycles. The van der Waals surface area contributed by atoms with Crippen LogP contribution in [-0.4, -0.2) is 25.8 Å². The summed E-state index contributed by atoms with van der Waals surface area (Å²) in [6, 6.07) is 15.0. The second-order valence-electron chi connectivity index (χ2n) is 4.41. The van der Waals surface area contributed by atoms with Crippen LogP contribution in [0.4, 0.5) is 5.69 Å². The molecular formula is C16H16Cl2N2. The molecule has 4 heteroatoms. The van der Waals surface area contributed by atoms with Crippen molar-refractivity contribution in [3.05, 3.63) is 64.7 Å². The molecule has 1 aliphatic heterocycles. The van der Waals surface area contributed by atoms with Gasteiger partial charge in [0.25, 0.3) is 0 Å². The third kappa shape index (κ3) is 2.82. The average Bonchev–Trinajstić information content (AvgIpc) is 2.67. The van der Waals surface area contributed by atoms with Crippen molar-refractivity contribution in [3.8, 4) is 0 Å². The predicted molar refractivity (Wildman–Crippen MR) is 88.9 cm³/mol. The second kappa shape index (κ2) is 6.29. The van der Waals surface area contributed by atoms with Gasteiger partial charge in [0.15, 0.2) is 0 Å². The minimum Gasteiger partial charge on any atom is -0.372 e. The lowest BCUT2D eigenvalue weighted by atomic mass is 10.0. The van der Waals surface area contributed by atoms with Gasteiger partial charge in [-0.15, -0.1) is 12.4 Å². The molecule has 0 N–H and O–H groups in total. The van der Waals surface area contributed by atoms with Crippen LogP contribution in [0.3, 0.4) is 0 Å². The monoisotopic (exact) mass is 310 g/mol. The zero-order chi connectivity index (χ0) is 15.7. The average molecular weight is 311 g/mol. The molecule has 0 amide bonds. The van der Waals surface area contributed by atoms with Crippen molar-refractivity contribution in [3.63, 3.8) is 0 Å². The molecule has 2 aromatic carbocycles. The van der Waals surface area contributed by atoms with Crippen LogP contribution in [0, 0.1) is 0 Å². The molecule has 3 rings (SSSR count). The molecule has 0 fully saturated rings. The number of halogens is 2. The van der Waals surface area contributed by atoms with E-state index in [1.54, 1.807) is 18.2 Å². The highest BCUT2D eigenvalue weighted by molar-refractivity contribution is 6.31. The molecule has 104 valence electrons. The fraction of sp³-hybridized carbons (Fsp3) is 0.188. The van der Waals surface area contributed by atoms with E-state index in [9.17, 15) is 0 Å². The minimum atomic E-state index is -2.20. The van der Waals surface area contributed by atoms with Crippen molar-refractivity contribution in [1.29, 1.82) is 0 Å². The van der Waals surface area contributed by atoms with Gasteiger partial charge in [-0.2, -0.15) is 0 Å². The number of aliphatic imine (C=N–C) groups is 1. The van der Waals surface area contributed by atoms with Crippen molar-refractivity contribution in [2.45, 2.75) is 0 Å². The normalized spacial score (nSPS) is 16.8. The number of rotatable bonds is 1. The molecule has 0 bridgehead atoms. The maximum absolute atomic E-state index is 7.75. The van der Waals surface area contributed by atoms with Crippen molar-refractivity contribution >= 4 is 35.4 Å². The van der Waals surface area contributed by atoms with Gasteiger partial charge in [0.05, 0.1) is 12.3 Å². The van der Waals surface area contributed by atoms with Gasteiger partial charge in [-0.1, -0.05) is 41.9 Å². The summed E-state index contributed by atoms with van der Waals surface area (Å²) >= 11 is 6.13. The Bertz CT molecular complexity index is 715. The lowest BCUT2D eigenvalue weighted by Gasteiger charge is -2.19. The lowest BCUT2D eigenvalue weighted by molar-refractivity contribution is 0.896. The van der Waals surface area contributed by atoms with E-state index < -0.39 is 6.98 Å². The Morgan fingerprint density at radius 3 is 2.75 bits per heavy atom. The first kappa shape index (κ1) is 11.2. The third-order valence-corrected chi connectivity index (χ3v) is 3.38. The molecule has 0 saturated heterocycles. The largest absolute Gasteiger partial charge is 0.372 e. The summed E-state index contributed by atoms with van der Waals surface area (Å²) in [7, 11) is 0. The Morgan fingerprint density at radius 1 is 1.20 bits per heavy atom. The fourth-order valence-electron chi connectivity index (χ4n) is 2.24. The molecule has 0 spiro atoms. The van der Waals surface area contributed by atoms with E-state index in [-0.39, 0.29) is 12.4 Å². The fourth-order valence-corrected chi connectivity index (χ4v) is 2.42. The maximum Gasteiger partial charge on any atom is 0.0741 e. The number of fused-ring (bicyclic) bond motifs is 1. The van der Waals surface area contributed by atoms with Crippen LogP contribution >= 0.6 is 24.0 Å². The number of likely N-dealkylation sites (N-methyl/N-ethyl adjacent to an activating group) is 1. The van der Waals surface area contributed by atoms with Gasteiger partial charge < -0.3 is 4.90 Å². The summed E-state index contributed by atoms with van der Waals surface area (Å²) in [5.41, 5.74) is 3.14. The standard InChI is InChI=1S/C16H15ClN2.ClH/c1-19-10-9-18-16(12-5-3-2-4-6-12)14-11-13(17)7-8-15(14)19;/h2-8,11H,9-10H2,1H3;1H/i1+1D3;. The quantitative estimate of drug-likeness (QED) is 0.726. The molecule has 0 unspecified atom stereocenters. The Kier molecular flexibility index (Phi) is 3.52. The van der Waals surface area contributed by atoms with Gasteiger partial charge in [-0.05, 0) is 18.2 Å². The molecule has 0 radical (unpaired) electrons. The van der Waals surface area contributed by atoms with E-state index in [4.69, 9.17) is 15.7 Å². The molecule has 0 aromatic heterocycles. The summed E-state index contributed by atoms with van der Waals surface area (Å²) in [6.07, 6.45) is 0.